The second kappa shape index (κ2) is 10.0. The van der Waals surface area contributed by atoms with Crippen LogP contribution in [0.4, 0.5) is 10.8 Å². The number of nitrogens with one attached hydrogen (secondary N) is 2. The van der Waals surface area contributed by atoms with E-state index in [1.165, 1.54) is 11.3 Å². The minimum atomic E-state index is -0.282. The van der Waals surface area contributed by atoms with E-state index in [9.17, 15) is 4.79 Å². The third kappa shape index (κ3) is 5.49. The Labute approximate surface area is 190 Å². The summed E-state index contributed by atoms with van der Waals surface area (Å²) in [5, 5.41) is 6.57. The Bertz CT molecular complexity index is 1060. The molecule has 0 saturated carbocycles. The SMILES string of the molecule is CCCOc1ccc(C(=O)NC(=S)Nc2nc3ccc(N4CCOCC4)cc3s2)cc1. The number of benzene rings is 2. The minimum absolute atomic E-state index is 0.212. The molecule has 1 aliphatic heterocycles. The van der Waals surface area contributed by atoms with Crippen molar-refractivity contribution in [1.29, 1.82) is 0 Å². The maximum absolute atomic E-state index is 12.5. The number of nitrogens with zero attached hydrogens (tertiary/aromatic N) is 2. The van der Waals surface area contributed by atoms with Gasteiger partial charge in [0.05, 0.1) is 30.0 Å². The molecule has 4 rings (SSSR count). The number of aromatic nitrogens is 1. The molecule has 2 heterocycles. The highest BCUT2D eigenvalue weighted by Crippen LogP contribution is 2.30. The summed E-state index contributed by atoms with van der Waals surface area (Å²) in [4.78, 5) is 19.3. The summed E-state index contributed by atoms with van der Waals surface area (Å²) in [5.41, 5.74) is 2.56. The van der Waals surface area contributed by atoms with Gasteiger partial charge in [-0.25, -0.2) is 4.98 Å². The molecule has 162 valence electrons. The summed E-state index contributed by atoms with van der Waals surface area (Å²) >= 11 is 6.81. The molecule has 0 radical (unpaired) electrons. The number of carbonyl (C=O) groups is 1. The van der Waals surface area contributed by atoms with Crippen molar-refractivity contribution in [3.63, 3.8) is 0 Å². The van der Waals surface area contributed by atoms with Crippen LogP contribution < -0.4 is 20.3 Å². The Morgan fingerprint density at radius 1 is 1.23 bits per heavy atom. The molecule has 3 aromatic rings. The highest BCUT2D eigenvalue weighted by molar-refractivity contribution is 7.80. The van der Waals surface area contributed by atoms with E-state index in [-0.39, 0.29) is 11.0 Å². The van der Waals surface area contributed by atoms with Crippen molar-refractivity contribution in [2.75, 3.05) is 43.1 Å². The van der Waals surface area contributed by atoms with Crippen LogP contribution >= 0.6 is 23.6 Å². The molecule has 0 bridgehead atoms. The largest absolute Gasteiger partial charge is 0.494 e. The fourth-order valence-electron chi connectivity index (χ4n) is 3.21. The van der Waals surface area contributed by atoms with Gasteiger partial charge in [-0.3, -0.25) is 10.1 Å². The first-order valence-corrected chi connectivity index (χ1v) is 11.4. The Balaban J connectivity index is 1.37. The summed E-state index contributed by atoms with van der Waals surface area (Å²) in [5.74, 6) is 0.459. The van der Waals surface area contributed by atoms with Crippen molar-refractivity contribution in [2.24, 2.45) is 0 Å². The topological polar surface area (TPSA) is 75.7 Å². The first kappa shape index (κ1) is 21.5. The van der Waals surface area contributed by atoms with Crippen molar-refractivity contribution >= 4 is 55.6 Å². The van der Waals surface area contributed by atoms with Gasteiger partial charge in [0.1, 0.15) is 5.75 Å². The molecular weight excluding hydrogens is 432 g/mol. The Morgan fingerprint density at radius 3 is 2.74 bits per heavy atom. The van der Waals surface area contributed by atoms with E-state index in [4.69, 9.17) is 21.7 Å². The summed E-state index contributed by atoms with van der Waals surface area (Å²) in [6.45, 7) is 5.96. The number of anilines is 2. The Morgan fingerprint density at radius 2 is 2.00 bits per heavy atom. The molecule has 7 nitrogen and oxygen atoms in total. The van der Waals surface area contributed by atoms with Gasteiger partial charge in [0.2, 0.25) is 0 Å². The third-order valence-electron chi connectivity index (χ3n) is 4.79. The number of thiocarbonyl (C=S) groups is 1. The van der Waals surface area contributed by atoms with Crippen molar-refractivity contribution in [3.8, 4) is 5.75 Å². The molecule has 0 atom stereocenters. The number of hydrogen-bond acceptors (Lipinski definition) is 7. The van der Waals surface area contributed by atoms with Crippen LogP contribution in [0.5, 0.6) is 5.75 Å². The zero-order chi connectivity index (χ0) is 21.6. The van der Waals surface area contributed by atoms with Gasteiger partial charge in [-0.05, 0) is 61.1 Å². The molecule has 2 aromatic carbocycles. The number of fused-ring (bicyclic) bond motifs is 1. The number of carbonyl (C=O) groups excluding carboxylic acids is 1. The predicted octanol–water partition coefficient (Wildman–Crippen LogP) is 4.05. The molecule has 1 aliphatic rings. The van der Waals surface area contributed by atoms with Crippen LogP contribution in [0.2, 0.25) is 0 Å². The molecule has 1 fully saturated rings. The molecule has 2 N–H and O–H groups in total. The van der Waals surface area contributed by atoms with Crippen LogP contribution in [0, 0.1) is 0 Å². The number of morpholine rings is 1. The average molecular weight is 457 g/mol. The van der Waals surface area contributed by atoms with Crippen molar-refractivity contribution < 1.29 is 14.3 Å². The summed E-state index contributed by atoms with van der Waals surface area (Å²) < 4.78 is 12.0. The quantitative estimate of drug-likeness (QED) is 0.542. The molecule has 1 amide bonds. The second-order valence-corrected chi connectivity index (χ2v) is 8.49. The fraction of sp³-hybridized carbons (Fsp3) is 0.318. The summed E-state index contributed by atoms with van der Waals surface area (Å²) in [6, 6.07) is 13.2. The lowest BCUT2D eigenvalue weighted by Crippen LogP contribution is -2.36. The molecule has 9 heteroatoms. The highest BCUT2D eigenvalue weighted by atomic mass is 32.1. The van der Waals surface area contributed by atoms with Gasteiger partial charge in [-0.15, -0.1) is 0 Å². The number of thiazole rings is 1. The van der Waals surface area contributed by atoms with E-state index in [1.807, 2.05) is 13.0 Å². The number of hydrogen-bond donors (Lipinski definition) is 2. The van der Waals surface area contributed by atoms with Crippen LogP contribution in [0.15, 0.2) is 42.5 Å². The van der Waals surface area contributed by atoms with Gasteiger partial charge in [0.15, 0.2) is 10.2 Å². The van der Waals surface area contributed by atoms with Crippen molar-refractivity contribution in [3.05, 3.63) is 48.0 Å². The van der Waals surface area contributed by atoms with E-state index in [2.05, 4.69) is 32.7 Å². The second-order valence-electron chi connectivity index (χ2n) is 7.05. The smallest absolute Gasteiger partial charge is 0.257 e. The number of rotatable bonds is 6. The van der Waals surface area contributed by atoms with E-state index in [1.54, 1.807) is 24.3 Å². The van der Waals surface area contributed by atoms with Gasteiger partial charge in [0.25, 0.3) is 5.91 Å². The van der Waals surface area contributed by atoms with E-state index in [0.29, 0.717) is 17.3 Å². The van der Waals surface area contributed by atoms with Crippen LogP contribution in [-0.2, 0) is 4.74 Å². The fourth-order valence-corrected chi connectivity index (χ4v) is 4.37. The lowest BCUT2D eigenvalue weighted by Gasteiger charge is -2.28. The highest BCUT2D eigenvalue weighted by Gasteiger charge is 2.14. The zero-order valence-electron chi connectivity index (χ0n) is 17.2. The molecule has 0 unspecified atom stereocenters. The maximum Gasteiger partial charge on any atom is 0.257 e. The zero-order valence-corrected chi connectivity index (χ0v) is 18.9. The molecule has 31 heavy (non-hydrogen) atoms. The molecule has 0 spiro atoms. The number of amides is 1. The number of ether oxygens (including phenoxy) is 2. The lowest BCUT2D eigenvalue weighted by atomic mass is 10.2. The Kier molecular flexibility index (Phi) is 6.96. The normalized spacial score (nSPS) is 13.8. The monoisotopic (exact) mass is 456 g/mol. The van der Waals surface area contributed by atoms with Crippen LogP contribution in [-0.4, -0.2) is 48.9 Å². The van der Waals surface area contributed by atoms with Gasteiger partial charge >= 0.3 is 0 Å². The van der Waals surface area contributed by atoms with E-state index in [0.717, 1.165) is 54.4 Å². The standard InChI is InChI=1S/C22H24N4O3S2/c1-2-11-29-17-6-3-15(4-7-17)20(27)24-21(30)25-22-23-18-8-5-16(14-19(18)31-22)26-9-12-28-13-10-26/h3-8,14H,2,9-13H2,1H3,(H2,23,24,25,27,30). The van der Waals surface area contributed by atoms with E-state index < -0.39 is 0 Å². The predicted molar refractivity (Wildman–Crippen MR) is 129 cm³/mol. The molecule has 1 saturated heterocycles. The molecule has 0 aliphatic carbocycles. The summed E-state index contributed by atoms with van der Waals surface area (Å²) in [6.07, 6.45) is 0.933. The molecular formula is C22H24N4O3S2. The summed E-state index contributed by atoms with van der Waals surface area (Å²) in [7, 11) is 0. The van der Waals surface area contributed by atoms with Gasteiger partial charge in [-0.2, -0.15) is 0 Å². The minimum Gasteiger partial charge on any atom is -0.494 e. The lowest BCUT2D eigenvalue weighted by molar-refractivity contribution is 0.0977. The molecule has 1 aromatic heterocycles. The van der Waals surface area contributed by atoms with Crippen LogP contribution in [0.1, 0.15) is 23.7 Å². The van der Waals surface area contributed by atoms with Crippen LogP contribution in [0.3, 0.4) is 0 Å². The van der Waals surface area contributed by atoms with Gasteiger partial charge in [-0.1, -0.05) is 18.3 Å². The first-order chi connectivity index (χ1) is 15.1. The third-order valence-corrected chi connectivity index (χ3v) is 5.92. The average Bonchev–Trinajstić information content (AvgIpc) is 3.19. The van der Waals surface area contributed by atoms with Gasteiger partial charge < -0.3 is 19.7 Å². The first-order valence-electron chi connectivity index (χ1n) is 10.2. The maximum atomic E-state index is 12.5. The Hall–Kier alpha value is -2.75. The van der Waals surface area contributed by atoms with E-state index >= 15 is 0 Å². The van der Waals surface area contributed by atoms with Crippen LogP contribution in [0.25, 0.3) is 10.2 Å². The van der Waals surface area contributed by atoms with Crippen molar-refractivity contribution in [1.82, 2.24) is 10.3 Å². The van der Waals surface area contributed by atoms with Gasteiger partial charge in [0, 0.05) is 24.3 Å². The van der Waals surface area contributed by atoms with Crippen molar-refractivity contribution in [2.45, 2.75) is 13.3 Å².